The third kappa shape index (κ3) is 2.54. The van der Waals surface area contributed by atoms with Gasteiger partial charge in [-0.1, -0.05) is 74.0 Å². The Kier molecular flexibility index (Phi) is 4.17. The van der Waals surface area contributed by atoms with E-state index in [1.807, 2.05) is 65.2 Å². The predicted octanol–water partition coefficient (Wildman–Crippen LogP) is 4.65. The number of carbonyl (C=O) groups is 1. The van der Waals surface area contributed by atoms with Gasteiger partial charge in [-0.25, -0.2) is 4.99 Å². The first-order valence-corrected chi connectivity index (χ1v) is 8.92. The summed E-state index contributed by atoms with van der Waals surface area (Å²) in [5, 5.41) is 11.0. The van der Waals surface area contributed by atoms with Gasteiger partial charge >= 0.3 is 0 Å². The first-order chi connectivity index (χ1) is 12.7. The number of rotatable bonds is 5. The number of hydrogen-bond acceptors (Lipinski definition) is 2. The molecular formula is C22H20N2O2. The first-order valence-electron chi connectivity index (χ1n) is 8.92. The van der Waals surface area contributed by atoms with Crippen LogP contribution in [-0.4, -0.2) is 21.3 Å². The number of amides is 1. The van der Waals surface area contributed by atoms with E-state index in [1.165, 1.54) is 0 Å². The largest absolute Gasteiger partial charge is 0.494 e. The second-order valence-electron chi connectivity index (χ2n) is 6.43. The lowest BCUT2D eigenvalue weighted by Gasteiger charge is -2.11. The molecule has 1 aliphatic heterocycles. The average molecular weight is 344 g/mol. The molecule has 1 aliphatic rings. The van der Waals surface area contributed by atoms with E-state index in [2.05, 4.69) is 11.9 Å². The molecule has 0 saturated heterocycles. The van der Waals surface area contributed by atoms with Gasteiger partial charge in [-0.3, -0.25) is 4.79 Å². The van der Waals surface area contributed by atoms with E-state index in [4.69, 9.17) is 0 Å². The molecule has 3 aromatic rings. The highest BCUT2D eigenvalue weighted by molar-refractivity contribution is 6.30. The fourth-order valence-corrected chi connectivity index (χ4v) is 3.49. The SMILES string of the molecule is CCCCn1c(O)c2c(c1-c1ccccc1)C(=O)N=C2c1ccccc1. The summed E-state index contributed by atoms with van der Waals surface area (Å²) in [5.41, 5.74) is 4.11. The lowest BCUT2D eigenvalue weighted by atomic mass is 10.0. The van der Waals surface area contributed by atoms with Gasteiger partial charge in [0.25, 0.3) is 5.91 Å². The van der Waals surface area contributed by atoms with E-state index in [-0.39, 0.29) is 11.8 Å². The van der Waals surface area contributed by atoms with Crippen molar-refractivity contribution >= 4 is 11.6 Å². The summed E-state index contributed by atoms with van der Waals surface area (Å²) in [6.45, 7) is 2.77. The summed E-state index contributed by atoms with van der Waals surface area (Å²) in [5.74, 6) is -0.163. The van der Waals surface area contributed by atoms with Crippen LogP contribution in [0.15, 0.2) is 65.7 Å². The molecule has 4 rings (SSSR count). The number of nitrogens with zero attached hydrogens (tertiary/aromatic N) is 2. The van der Waals surface area contributed by atoms with Gasteiger partial charge in [0.15, 0.2) is 0 Å². The summed E-state index contributed by atoms with van der Waals surface area (Å²) in [6.07, 6.45) is 1.93. The van der Waals surface area contributed by atoms with E-state index in [9.17, 15) is 9.90 Å². The molecule has 0 atom stereocenters. The fourth-order valence-electron chi connectivity index (χ4n) is 3.49. The highest BCUT2D eigenvalue weighted by Crippen LogP contribution is 2.41. The van der Waals surface area contributed by atoms with E-state index in [1.54, 1.807) is 0 Å². The van der Waals surface area contributed by atoms with Gasteiger partial charge in [-0.15, -0.1) is 0 Å². The van der Waals surface area contributed by atoms with Crippen LogP contribution in [0, 0.1) is 0 Å². The number of aromatic nitrogens is 1. The molecule has 1 aromatic heterocycles. The van der Waals surface area contributed by atoms with Crippen molar-refractivity contribution in [1.82, 2.24) is 4.57 Å². The van der Waals surface area contributed by atoms with Crippen molar-refractivity contribution in [3.05, 3.63) is 77.4 Å². The number of aliphatic imine (C=N–C) groups is 1. The molecule has 0 radical (unpaired) electrons. The Morgan fingerprint density at radius 2 is 1.54 bits per heavy atom. The lowest BCUT2D eigenvalue weighted by molar-refractivity contribution is 0.101. The molecule has 0 saturated carbocycles. The Morgan fingerprint density at radius 1 is 0.923 bits per heavy atom. The van der Waals surface area contributed by atoms with Crippen molar-refractivity contribution in [2.24, 2.45) is 4.99 Å². The van der Waals surface area contributed by atoms with Crippen LogP contribution in [0.3, 0.4) is 0 Å². The summed E-state index contributed by atoms with van der Waals surface area (Å²) in [7, 11) is 0. The van der Waals surface area contributed by atoms with Crippen LogP contribution in [-0.2, 0) is 6.54 Å². The molecule has 1 N–H and O–H groups in total. The topological polar surface area (TPSA) is 54.6 Å². The third-order valence-corrected chi connectivity index (χ3v) is 4.73. The Labute approximate surface area is 152 Å². The monoisotopic (exact) mass is 344 g/mol. The highest BCUT2D eigenvalue weighted by Gasteiger charge is 2.35. The molecule has 4 heteroatoms. The minimum atomic E-state index is -0.289. The minimum Gasteiger partial charge on any atom is -0.494 e. The van der Waals surface area contributed by atoms with E-state index in [0.29, 0.717) is 23.4 Å². The maximum absolute atomic E-state index is 12.8. The van der Waals surface area contributed by atoms with Crippen LogP contribution in [0.2, 0.25) is 0 Å². The molecule has 2 aromatic carbocycles. The van der Waals surface area contributed by atoms with Crippen molar-refractivity contribution in [2.45, 2.75) is 26.3 Å². The van der Waals surface area contributed by atoms with Crippen LogP contribution in [0.5, 0.6) is 5.88 Å². The molecule has 0 unspecified atom stereocenters. The number of fused-ring (bicyclic) bond motifs is 1. The minimum absolute atomic E-state index is 0.126. The first kappa shape index (κ1) is 16.3. The normalized spacial score (nSPS) is 13.0. The zero-order chi connectivity index (χ0) is 18.1. The molecule has 0 bridgehead atoms. The van der Waals surface area contributed by atoms with E-state index >= 15 is 0 Å². The van der Waals surface area contributed by atoms with Gasteiger partial charge in [0.1, 0.15) is 0 Å². The number of unbranched alkanes of at least 4 members (excludes halogenated alkanes) is 1. The lowest BCUT2D eigenvalue weighted by Crippen LogP contribution is -2.04. The number of benzene rings is 2. The van der Waals surface area contributed by atoms with Crippen molar-refractivity contribution in [3.63, 3.8) is 0 Å². The molecule has 1 amide bonds. The van der Waals surface area contributed by atoms with Crippen LogP contribution in [0.1, 0.15) is 41.3 Å². The molecule has 2 heterocycles. The van der Waals surface area contributed by atoms with Crippen LogP contribution in [0.25, 0.3) is 11.3 Å². The van der Waals surface area contributed by atoms with Crippen LogP contribution in [0.4, 0.5) is 0 Å². The van der Waals surface area contributed by atoms with E-state index in [0.717, 1.165) is 29.7 Å². The fraction of sp³-hybridized carbons (Fsp3) is 0.182. The summed E-state index contributed by atoms with van der Waals surface area (Å²) >= 11 is 0. The second-order valence-corrected chi connectivity index (χ2v) is 6.43. The van der Waals surface area contributed by atoms with Crippen molar-refractivity contribution in [2.75, 3.05) is 0 Å². The van der Waals surface area contributed by atoms with Gasteiger partial charge in [0.2, 0.25) is 5.88 Å². The Hall–Kier alpha value is -3.14. The molecular weight excluding hydrogens is 324 g/mol. The quantitative estimate of drug-likeness (QED) is 0.732. The molecule has 0 fully saturated rings. The Balaban J connectivity index is 1.95. The predicted molar refractivity (Wildman–Crippen MR) is 103 cm³/mol. The molecule has 0 aliphatic carbocycles. The maximum atomic E-state index is 12.8. The Bertz CT molecular complexity index is 986. The standard InChI is InChI=1S/C22H20N2O2/c1-2-3-14-24-20(16-12-8-5-9-13-16)18-17(22(24)26)19(23-21(18)25)15-10-6-4-7-11-15/h4-13,26H,2-3,14H2,1H3. The van der Waals surface area contributed by atoms with Crippen molar-refractivity contribution in [3.8, 4) is 17.1 Å². The van der Waals surface area contributed by atoms with Crippen molar-refractivity contribution < 1.29 is 9.90 Å². The highest BCUT2D eigenvalue weighted by atomic mass is 16.3. The number of aromatic hydroxyl groups is 1. The second kappa shape index (κ2) is 6.64. The molecule has 130 valence electrons. The van der Waals surface area contributed by atoms with Gasteiger partial charge < -0.3 is 9.67 Å². The van der Waals surface area contributed by atoms with Gasteiger partial charge in [0.05, 0.1) is 22.5 Å². The summed E-state index contributed by atoms with van der Waals surface area (Å²) in [6, 6.07) is 19.3. The van der Waals surface area contributed by atoms with E-state index < -0.39 is 0 Å². The molecule has 4 nitrogen and oxygen atoms in total. The van der Waals surface area contributed by atoms with Gasteiger partial charge in [-0.2, -0.15) is 0 Å². The van der Waals surface area contributed by atoms with Gasteiger partial charge in [0, 0.05) is 12.1 Å². The number of carbonyl (C=O) groups excluding carboxylic acids is 1. The number of hydrogen-bond donors (Lipinski definition) is 1. The van der Waals surface area contributed by atoms with Crippen LogP contribution >= 0.6 is 0 Å². The Morgan fingerprint density at radius 3 is 2.15 bits per heavy atom. The molecule has 26 heavy (non-hydrogen) atoms. The van der Waals surface area contributed by atoms with Gasteiger partial charge in [-0.05, 0) is 12.0 Å². The smallest absolute Gasteiger partial charge is 0.280 e. The van der Waals surface area contributed by atoms with Crippen molar-refractivity contribution in [1.29, 1.82) is 0 Å². The zero-order valence-corrected chi connectivity index (χ0v) is 14.6. The summed E-state index contributed by atoms with van der Waals surface area (Å²) in [4.78, 5) is 17.0. The maximum Gasteiger partial charge on any atom is 0.280 e. The third-order valence-electron chi connectivity index (χ3n) is 4.73. The molecule has 0 spiro atoms. The van der Waals surface area contributed by atoms with Crippen LogP contribution < -0.4 is 0 Å². The zero-order valence-electron chi connectivity index (χ0n) is 14.6. The average Bonchev–Trinajstić information content (AvgIpc) is 3.17. The summed E-state index contributed by atoms with van der Waals surface area (Å²) < 4.78 is 1.86.